The second kappa shape index (κ2) is 40.4. The van der Waals surface area contributed by atoms with Gasteiger partial charge in [0.25, 0.3) is 0 Å². The van der Waals surface area contributed by atoms with Gasteiger partial charge >= 0.3 is 17.9 Å². The molecule has 6 heteroatoms. The van der Waals surface area contributed by atoms with Crippen LogP contribution in [0.3, 0.4) is 0 Å². The summed E-state index contributed by atoms with van der Waals surface area (Å²) in [5.41, 5.74) is 0. The Bertz CT molecular complexity index is 876. The van der Waals surface area contributed by atoms with Crippen molar-refractivity contribution < 1.29 is 28.6 Å². The zero-order valence-electron chi connectivity index (χ0n) is 33.6. The number of hydrogen-bond donors (Lipinski definition) is 0. The molecule has 0 saturated carbocycles. The molecule has 0 heterocycles. The fraction of sp³-hybridized carbons (Fsp3) is 0.800. The molecule has 0 aliphatic rings. The molecule has 0 aliphatic heterocycles. The maximum atomic E-state index is 12.6. The second-order valence-electron chi connectivity index (χ2n) is 14.2. The van der Waals surface area contributed by atoms with Crippen LogP contribution in [0.2, 0.25) is 0 Å². The number of allylic oxidation sites excluding steroid dienone is 6. The Balaban J connectivity index is 4.37. The fourth-order valence-electron chi connectivity index (χ4n) is 5.80. The average molecular weight is 717 g/mol. The van der Waals surface area contributed by atoms with E-state index in [1.165, 1.54) is 116 Å². The van der Waals surface area contributed by atoms with Crippen LogP contribution in [-0.4, -0.2) is 37.2 Å². The lowest BCUT2D eigenvalue weighted by atomic mass is 10.1. The Kier molecular flexibility index (Phi) is 38.5. The van der Waals surface area contributed by atoms with Crippen molar-refractivity contribution in [2.24, 2.45) is 0 Å². The molecule has 0 radical (unpaired) electrons. The third-order valence-corrected chi connectivity index (χ3v) is 9.09. The number of hydrogen-bond acceptors (Lipinski definition) is 6. The molecular formula is C45H80O6. The van der Waals surface area contributed by atoms with Crippen LogP contribution in [-0.2, 0) is 28.6 Å². The van der Waals surface area contributed by atoms with Crippen molar-refractivity contribution >= 4 is 17.9 Å². The van der Waals surface area contributed by atoms with E-state index in [1.54, 1.807) is 0 Å². The van der Waals surface area contributed by atoms with E-state index in [2.05, 4.69) is 57.2 Å². The van der Waals surface area contributed by atoms with Crippen molar-refractivity contribution in [3.8, 4) is 0 Å². The molecule has 0 amide bonds. The van der Waals surface area contributed by atoms with Gasteiger partial charge in [0.05, 0.1) is 0 Å². The Morgan fingerprint density at radius 3 is 1.06 bits per heavy atom. The van der Waals surface area contributed by atoms with E-state index in [9.17, 15) is 14.4 Å². The van der Waals surface area contributed by atoms with Crippen LogP contribution in [0.25, 0.3) is 0 Å². The Labute approximate surface area is 315 Å². The van der Waals surface area contributed by atoms with Crippen LogP contribution >= 0.6 is 0 Å². The molecule has 0 aromatic rings. The van der Waals surface area contributed by atoms with Gasteiger partial charge in [-0.1, -0.05) is 147 Å². The molecule has 0 spiro atoms. The zero-order valence-corrected chi connectivity index (χ0v) is 33.6. The van der Waals surface area contributed by atoms with Crippen molar-refractivity contribution in [3.63, 3.8) is 0 Å². The van der Waals surface area contributed by atoms with Gasteiger partial charge in [0.1, 0.15) is 13.2 Å². The lowest BCUT2D eigenvalue weighted by Crippen LogP contribution is -2.30. The highest BCUT2D eigenvalue weighted by Gasteiger charge is 2.19. The molecule has 0 aliphatic carbocycles. The van der Waals surface area contributed by atoms with Gasteiger partial charge in [-0.3, -0.25) is 14.4 Å². The Hall–Kier alpha value is -2.37. The van der Waals surface area contributed by atoms with Crippen LogP contribution in [0.1, 0.15) is 213 Å². The standard InChI is InChI=1S/C45H80O6/c1-4-7-10-13-16-19-20-21-22-23-24-27-29-32-35-38-44(47)50-41-42(51-45(48)39-36-33-30-26-18-15-12-9-6-3)40-49-43(46)37-34-31-28-25-17-14-11-8-5-2/h19-20,25-26,28,30,42H,4-18,21-24,27,29,31-41H2,1-3H3/b20-19-,28-25-,30-26-. The van der Waals surface area contributed by atoms with Crippen molar-refractivity contribution in [1.82, 2.24) is 0 Å². The maximum absolute atomic E-state index is 12.6. The lowest BCUT2D eigenvalue weighted by Gasteiger charge is -2.18. The van der Waals surface area contributed by atoms with E-state index in [4.69, 9.17) is 14.2 Å². The highest BCUT2D eigenvalue weighted by Crippen LogP contribution is 2.12. The van der Waals surface area contributed by atoms with Gasteiger partial charge in [-0.15, -0.1) is 0 Å². The first-order valence-electron chi connectivity index (χ1n) is 21.5. The minimum absolute atomic E-state index is 0.0938. The van der Waals surface area contributed by atoms with Crippen LogP contribution in [0.5, 0.6) is 0 Å². The van der Waals surface area contributed by atoms with Crippen molar-refractivity contribution in [2.75, 3.05) is 13.2 Å². The van der Waals surface area contributed by atoms with Gasteiger partial charge in [-0.2, -0.15) is 0 Å². The fourth-order valence-corrected chi connectivity index (χ4v) is 5.80. The molecular weight excluding hydrogens is 636 g/mol. The monoisotopic (exact) mass is 717 g/mol. The van der Waals surface area contributed by atoms with E-state index in [0.717, 1.165) is 44.9 Å². The molecule has 0 N–H and O–H groups in total. The highest BCUT2D eigenvalue weighted by atomic mass is 16.6. The number of unbranched alkanes of at least 4 members (excludes halogenated alkanes) is 21. The maximum Gasteiger partial charge on any atom is 0.306 e. The number of carbonyl (C=O) groups is 3. The normalized spacial score (nSPS) is 12.3. The molecule has 0 rings (SSSR count). The number of carbonyl (C=O) groups excluding carboxylic acids is 3. The van der Waals surface area contributed by atoms with Crippen LogP contribution in [0, 0.1) is 0 Å². The summed E-state index contributed by atoms with van der Waals surface area (Å²) in [6.45, 7) is 6.48. The van der Waals surface area contributed by atoms with Gasteiger partial charge in [-0.05, 0) is 83.5 Å². The molecule has 0 bridgehead atoms. The predicted octanol–water partition coefficient (Wildman–Crippen LogP) is 13.4. The third kappa shape index (κ3) is 38.7. The molecule has 296 valence electrons. The minimum atomic E-state index is -0.793. The summed E-state index contributed by atoms with van der Waals surface area (Å²) in [5.74, 6) is -0.975. The molecule has 0 fully saturated rings. The molecule has 1 atom stereocenters. The molecule has 1 unspecified atom stereocenters. The molecule has 6 nitrogen and oxygen atoms in total. The van der Waals surface area contributed by atoms with Crippen LogP contribution < -0.4 is 0 Å². The molecule has 0 aromatic carbocycles. The number of esters is 3. The number of rotatable bonds is 38. The molecule has 0 saturated heterocycles. The summed E-state index contributed by atoms with van der Waals surface area (Å²) in [7, 11) is 0. The van der Waals surface area contributed by atoms with E-state index in [0.29, 0.717) is 25.7 Å². The lowest BCUT2D eigenvalue weighted by molar-refractivity contribution is -0.167. The van der Waals surface area contributed by atoms with Gasteiger partial charge in [-0.25, -0.2) is 0 Å². The zero-order chi connectivity index (χ0) is 37.3. The first-order chi connectivity index (χ1) is 25.0. The van der Waals surface area contributed by atoms with Crippen LogP contribution in [0.15, 0.2) is 36.5 Å². The summed E-state index contributed by atoms with van der Waals surface area (Å²) < 4.78 is 16.6. The SMILES string of the molecule is CCCCCC/C=C\CCCCCCCCCC(=O)OCC(COC(=O)CCC/C=C\CCCCCC)OC(=O)CCC/C=C\CCCCCC. The van der Waals surface area contributed by atoms with Gasteiger partial charge in [0, 0.05) is 19.3 Å². The van der Waals surface area contributed by atoms with Gasteiger partial charge < -0.3 is 14.2 Å². The van der Waals surface area contributed by atoms with E-state index in [-0.39, 0.29) is 37.5 Å². The number of ether oxygens (including phenoxy) is 3. The summed E-state index contributed by atoms with van der Waals surface area (Å²) in [6, 6.07) is 0. The molecule has 0 aromatic heterocycles. The highest BCUT2D eigenvalue weighted by molar-refractivity contribution is 5.71. The first kappa shape index (κ1) is 48.6. The van der Waals surface area contributed by atoms with Crippen molar-refractivity contribution in [2.45, 2.75) is 219 Å². The Morgan fingerprint density at radius 2 is 0.667 bits per heavy atom. The van der Waals surface area contributed by atoms with Crippen molar-refractivity contribution in [1.29, 1.82) is 0 Å². The summed E-state index contributed by atoms with van der Waals surface area (Å²) in [4.78, 5) is 37.5. The molecule has 51 heavy (non-hydrogen) atoms. The Morgan fingerprint density at radius 1 is 0.373 bits per heavy atom. The predicted molar refractivity (Wildman–Crippen MR) is 215 cm³/mol. The first-order valence-corrected chi connectivity index (χ1v) is 21.5. The van der Waals surface area contributed by atoms with Crippen molar-refractivity contribution in [3.05, 3.63) is 36.5 Å². The second-order valence-corrected chi connectivity index (χ2v) is 14.2. The topological polar surface area (TPSA) is 78.9 Å². The van der Waals surface area contributed by atoms with Gasteiger partial charge in [0.15, 0.2) is 6.10 Å². The van der Waals surface area contributed by atoms with E-state index < -0.39 is 6.10 Å². The summed E-state index contributed by atoms with van der Waals surface area (Å²) in [5, 5.41) is 0. The summed E-state index contributed by atoms with van der Waals surface area (Å²) >= 11 is 0. The largest absolute Gasteiger partial charge is 0.462 e. The minimum Gasteiger partial charge on any atom is -0.462 e. The third-order valence-electron chi connectivity index (χ3n) is 9.09. The van der Waals surface area contributed by atoms with Gasteiger partial charge in [0.2, 0.25) is 0 Å². The average Bonchev–Trinajstić information content (AvgIpc) is 3.12. The van der Waals surface area contributed by atoms with Crippen LogP contribution in [0.4, 0.5) is 0 Å². The quantitative estimate of drug-likeness (QED) is 0.0274. The van der Waals surface area contributed by atoms with E-state index >= 15 is 0 Å². The summed E-state index contributed by atoms with van der Waals surface area (Å²) in [6.07, 6.45) is 44.3. The smallest absolute Gasteiger partial charge is 0.306 e. The van der Waals surface area contributed by atoms with E-state index in [1.807, 2.05) is 0 Å².